The molecule has 3 heterocycles. The van der Waals surface area contributed by atoms with Gasteiger partial charge in [-0.3, -0.25) is 9.89 Å². The van der Waals surface area contributed by atoms with Crippen LogP contribution in [-0.2, 0) is 16.0 Å². The maximum absolute atomic E-state index is 12.5. The molecule has 1 saturated heterocycles. The first-order valence-electron chi connectivity index (χ1n) is 6.66. The summed E-state index contributed by atoms with van der Waals surface area (Å²) in [7, 11) is 0. The highest BCUT2D eigenvalue weighted by Gasteiger charge is 2.29. The van der Waals surface area contributed by atoms with Crippen LogP contribution in [-0.4, -0.2) is 40.8 Å². The van der Waals surface area contributed by atoms with Crippen molar-refractivity contribution < 1.29 is 9.53 Å². The van der Waals surface area contributed by atoms with E-state index in [9.17, 15) is 4.79 Å². The molecule has 0 aromatic carbocycles. The molecule has 5 nitrogen and oxygen atoms in total. The van der Waals surface area contributed by atoms with Gasteiger partial charge in [0.25, 0.3) is 0 Å². The molecule has 1 N–H and O–H groups in total. The number of nitrogens with one attached hydrogen (secondary N) is 1. The van der Waals surface area contributed by atoms with Gasteiger partial charge in [0, 0.05) is 22.5 Å². The molecule has 0 aliphatic carbocycles. The molecular formula is C14H17N3O2S. The normalized spacial score (nSPS) is 19.2. The maximum atomic E-state index is 12.5. The van der Waals surface area contributed by atoms with Gasteiger partial charge in [0.1, 0.15) is 0 Å². The summed E-state index contributed by atoms with van der Waals surface area (Å²) in [6, 6.07) is 5.93. The van der Waals surface area contributed by atoms with E-state index < -0.39 is 0 Å². The number of carbonyl (C=O) groups is 1. The van der Waals surface area contributed by atoms with E-state index in [-0.39, 0.29) is 11.9 Å². The zero-order valence-corrected chi connectivity index (χ0v) is 12.2. The van der Waals surface area contributed by atoms with Gasteiger partial charge in [-0.05, 0) is 25.1 Å². The number of nitrogens with zero attached hydrogens (tertiary/aromatic N) is 2. The van der Waals surface area contributed by atoms with Crippen LogP contribution in [0.5, 0.6) is 0 Å². The number of amides is 1. The van der Waals surface area contributed by atoms with Crippen molar-refractivity contribution >= 4 is 17.2 Å². The summed E-state index contributed by atoms with van der Waals surface area (Å²) >= 11 is 1.68. The zero-order valence-electron chi connectivity index (χ0n) is 11.3. The Labute approximate surface area is 121 Å². The summed E-state index contributed by atoms with van der Waals surface area (Å²) in [5.41, 5.74) is 0.931. The number of aromatic amines is 1. The third-order valence-electron chi connectivity index (χ3n) is 3.45. The third-order valence-corrected chi connectivity index (χ3v) is 4.45. The lowest BCUT2D eigenvalue weighted by Crippen LogP contribution is -2.44. The Bertz CT molecular complexity index is 579. The van der Waals surface area contributed by atoms with Crippen LogP contribution >= 0.6 is 11.3 Å². The second-order valence-electron chi connectivity index (χ2n) is 4.88. The lowest BCUT2D eigenvalue weighted by Gasteiger charge is -2.34. The number of hydrogen-bond donors (Lipinski definition) is 1. The summed E-state index contributed by atoms with van der Waals surface area (Å²) in [4.78, 5) is 16.8. The Morgan fingerprint density at radius 2 is 2.45 bits per heavy atom. The molecule has 0 saturated carbocycles. The molecular weight excluding hydrogens is 274 g/mol. The Kier molecular flexibility index (Phi) is 3.84. The number of H-pyrrole nitrogens is 1. The first kappa shape index (κ1) is 13.3. The molecule has 1 fully saturated rings. The van der Waals surface area contributed by atoms with E-state index in [1.165, 1.54) is 4.88 Å². The monoisotopic (exact) mass is 291 g/mol. The van der Waals surface area contributed by atoms with Crippen LogP contribution in [0.25, 0.3) is 0 Å². The Morgan fingerprint density at radius 3 is 3.15 bits per heavy atom. The maximum Gasteiger partial charge on any atom is 0.228 e. The Hall–Kier alpha value is -1.66. The highest BCUT2D eigenvalue weighted by Crippen LogP contribution is 2.24. The van der Waals surface area contributed by atoms with Gasteiger partial charge in [-0.25, -0.2) is 0 Å². The minimum atomic E-state index is -0.0557. The van der Waals surface area contributed by atoms with Gasteiger partial charge in [0.15, 0.2) is 0 Å². The van der Waals surface area contributed by atoms with Crippen LogP contribution in [0.15, 0.2) is 24.4 Å². The predicted molar refractivity (Wildman–Crippen MR) is 76.6 cm³/mol. The molecule has 2 aromatic rings. The number of hydrogen-bond acceptors (Lipinski definition) is 4. The van der Waals surface area contributed by atoms with Gasteiger partial charge in [0.2, 0.25) is 5.91 Å². The minimum absolute atomic E-state index is 0.0557. The minimum Gasteiger partial charge on any atom is -0.377 e. The number of aromatic nitrogens is 2. The summed E-state index contributed by atoms with van der Waals surface area (Å²) < 4.78 is 5.50. The first-order chi connectivity index (χ1) is 9.74. The number of thiophene rings is 1. The lowest BCUT2D eigenvalue weighted by molar-refractivity contribution is -0.139. The van der Waals surface area contributed by atoms with E-state index in [1.54, 1.807) is 17.5 Å². The summed E-state index contributed by atoms with van der Waals surface area (Å²) in [5.74, 6) is 0.148. The number of ether oxygens (including phenoxy) is 1. The average molecular weight is 291 g/mol. The van der Waals surface area contributed by atoms with Crippen LogP contribution in [0, 0.1) is 6.92 Å². The van der Waals surface area contributed by atoms with E-state index in [0.29, 0.717) is 26.2 Å². The van der Waals surface area contributed by atoms with E-state index in [1.807, 2.05) is 17.0 Å². The quantitative estimate of drug-likeness (QED) is 0.940. The van der Waals surface area contributed by atoms with Crippen molar-refractivity contribution in [2.45, 2.75) is 19.4 Å². The number of carbonyl (C=O) groups excluding carboxylic acids is 1. The van der Waals surface area contributed by atoms with Crippen LogP contribution in [0.2, 0.25) is 0 Å². The second kappa shape index (κ2) is 5.76. The predicted octanol–water partition coefficient (Wildman–Crippen LogP) is 1.92. The molecule has 1 aliphatic rings. The van der Waals surface area contributed by atoms with E-state index in [2.05, 4.69) is 23.2 Å². The van der Waals surface area contributed by atoms with Crippen molar-refractivity contribution in [2.24, 2.45) is 0 Å². The molecule has 2 aromatic heterocycles. The largest absolute Gasteiger partial charge is 0.377 e. The van der Waals surface area contributed by atoms with Crippen LogP contribution in [0.3, 0.4) is 0 Å². The Morgan fingerprint density at radius 1 is 1.55 bits per heavy atom. The topological polar surface area (TPSA) is 58.2 Å². The molecule has 1 amide bonds. The summed E-state index contributed by atoms with van der Waals surface area (Å²) in [5, 5.41) is 6.90. The fraction of sp³-hybridized carbons (Fsp3) is 0.429. The second-order valence-corrected chi connectivity index (χ2v) is 6.25. The highest BCUT2D eigenvalue weighted by molar-refractivity contribution is 7.12. The van der Waals surface area contributed by atoms with Crippen LogP contribution in [0.4, 0.5) is 0 Å². The van der Waals surface area contributed by atoms with Gasteiger partial charge in [-0.1, -0.05) is 0 Å². The number of rotatable bonds is 3. The van der Waals surface area contributed by atoms with Crippen molar-refractivity contribution in [1.82, 2.24) is 15.1 Å². The fourth-order valence-corrected chi connectivity index (χ4v) is 3.32. The molecule has 0 unspecified atom stereocenters. The first-order valence-corrected chi connectivity index (χ1v) is 7.47. The average Bonchev–Trinajstić information content (AvgIpc) is 3.10. The molecule has 3 rings (SSSR count). The fourth-order valence-electron chi connectivity index (χ4n) is 2.44. The molecule has 0 spiro atoms. The molecule has 0 bridgehead atoms. The van der Waals surface area contributed by atoms with Crippen molar-refractivity contribution in [3.8, 4) is 0 Å². The number of aryl methyl sites for hydroxylation is 1. The third kappa shape index (κ3) is 2.76. The van der Waals surface area contributed by atoms with Gasteiger partial charge < -0.3 is 9.64 Å². The highest BCUT2D eigenvalue weighted by atomic mass is 32.1. The van der Waals surface area contributed by atoms with E-state index in [4.69, 9.17) is 4.74 Å². The van der Waals surface area contributed by atoms with Crippen molar-refractivity contribution in [3.05, 3.63) is 39.8 Å². The molecule has 1 atom stereocenters. The van der Waals surface area contributed by atoms with Gasteiger partial charge in [-0.2, -0.15) is 5.10 Å². The molecule has 1 aliphatic heterocycles. The summed E-state index contributed by atoms with van der Waals surface area (Å²) in [6.07, 6.45) is 2.17. The van der Waals surface area contributed by atoms with Crippen molar-refractivity contribution in [1.29, 1.82) is 0 Å². The van der Waals surface area contributed by atoms with Gasteiger partial charge >= 0.3 is 0 Å². The molecule has 6 heteroatoms. The van der Waals surface area contributed by atoms with E-state index >= 15 is 0 Å². The van der Waals surface area contributed by atoms with Crippen molar-refractivity contribution in [3.63, 3.8) is 0 Å². The molecule has 0 radical (unpaired) electrons. The standard InChI is InChI=1S/C14H17N3O2S/c1-10-2-3-11(20-10)8-14(18)17-6-7-19-9-13(17)12-4-5-15-16-12/h2-5,13H,6-9H2,1H3,(H,15,16)/t13-/m0/s1. The smallest absolute Gasteiger partial charge is 0.228 e. The van der Waals surface area contributed by atoms with Gasteiger partial charge in [-0.15, -0.1) is 11.3 Å². The van der Waals surface area contributed by atoms with E-state index in [0.717, 1.165) is 10.6 Å². The van der Waals surface area contributed by atoms with Crippen molar-refractivity contribution in [2.75, 3.05) is 19.8 Å². The summed E-state index contributed by atoms with van der Waals surface area (Å²) in [6.45, 7) is 3.81. The Balaban J connectivity index is 1.74. The zero-order chi connectivity index (χ0) is 13.9. The molecule has 106 valence electrons. The van der Waals surface area contributed by atoms with Gasteiger partial charge in [0.05, 0.1) is 31.4 Å². The van der Waals surface area contributed by atoms with Crippen LogP contribution < -0.4 is 0 Å². The van der Waals surface area contributed by atoms with Crippen LogP contribution in [0.1, 0.15) is 21.5 Å². The molecule has 20 heavy (non-hydrogen) atoms. The number of morpholine rings is 1. The lowest BCUT2D eigenvalue weighted by atomic mass is 10.1. The SMILES string of the molecule is Cc1ccc(CC(=O)N2CCOC[C@H]2c2ccn[nH]2)s1.